The van der Waals surface area contributed by atoms with Gasteiger partial charge in [-0.2, -0.15) is 0 Å². The largest absolute Gasteiger partial charge is 0.383 e. The molecule has 0 unspecified atom stereocenters. The van der Waals surface area contributed by atoms with Gasteiger partial charge in [0.1, 0.15) is 11.5 Å². The van der Waals surface area contributed by atoms with Crippen molar-refractivity contribution in [1.82, 2.24) is 24.2 Å². The maximum absolute atomic E-state index is 14.1. The molecule has 0 radical (unpaired) electrons. The van der Waals surface area contributed by atoms with E-state index in [1.807, 2.05) is 37.3 Å². The second kappa shape index (κ2) is 11.3. The number of benzene rings is 2. The molecule has 204 valence electrons. The first-order valence-electron chi connectivity index (χ1n) is 12.8. The number of fused-ring (bicyclic) bond motifs is 1. The fourth-order valence-electron chi connectivity index (χ4n) is 5.07. The molecule has 39 heavy (non-hydrogen) atoms. The predicted octanol–water partition coefficient (Wildman–Crippen LogP) is 3.70. The Balaban J connectivity index is 1.45. The predicted molar refractivity (Wildman–Crippen MR) is 144 cm³/mol. The van der Waals surface area contributed by atoms with Crippen LogP contribution in [0.5, 0.6) is 0 Å². The molecule has 2 aromatic heterocycles. The molecule has 5 rings (SSSR count). The van der Waals surface area contributed by atoms with Crippen LogP contribution >= 0.6 is 0 Å². The van der Waals surface area contributed by atoms with Gasteiger partial charge in [0.2, 0.25) is 5.65 Å². The fourth-order valence-corrected chi connectivity index (χ4v) is 5.07. The Bertz CT molecular complexity index is 1540. The van der Waals surface area contributed by atoms with Crippen LogP contribution in [0.2, 0.25) is 0 Å². The van der Waals surface area contributed by atoms with E-state index in [4.69, 9.17) is 4.74 Å². The Morgan fingerprint density at radius 3 is 2.62 bits per heavy atom. The van der Waals surface area contributed by atoms with Crippen molar-refractivity contribution < 1.29 is 18.3 Å². The van der Waals surface area contributed by atoms with E-state index < -0.39 is 17.7 Å². The van der Waals surface area contributed by atoms with E-state index in [9.17, 15) is 18.4 Å². The molecule has 1 fully saturated rings. The highest BCUT2D eigenvalue weighted by atomic mass is 19.2. The first kappa shape index (κ1) is 26.5. The number of amides is 2. The summed E-state index contributed by atoms with van der Waals surface area (Å²) < 4.78 is 36.0. The summed E-state index contributed by atoms with van der Waals surface area (Å²) >= 11 is 0. The maximum atomic E-state index is 14.1. The Labute approximate surface area is 224 Å². The molecule has 4 aromatic rings. The van der Waals surface area contributed by atoms with E-state index in [1.165, 1.54) is 6.07 Å². The van der Waals surface area contributed by atoms with Crippen molar-refractivity contribution in [3.63, 3.8) is 0 Å². The molecule has 2 N–H and O–H groups in total. The molecule has 2 amide bonds. The maximum Gasteiger partial charge on any atom is 0.320 e. The van der Waals surface area contributed by atoms with E-state index in [0.29, 0.717) is 49.9 Å². The fraction of sp³-hybridized carbons (Fsp3) is 0.321. The molecule has 11 heteroatoms. The lowest BCUT2D eigenvalue weighted by molar-refractivity contribution is 0.159. The number of anilines is 1. The summed E-state index contributed by atoms with van der Waals surface area (Å²) in [5.41, 5.74) is 1.72. The average molecular weight is 537 g/mol. The van der Waals surface area contributed by atoms with Crippen LogP contribution in [-0.2, 0) is 11.3 Å². The van der Waals surface area contributed by atoms with Gasteiger partial charge in [0.15, 0.2) is 11.6 Å². The number of imidazole rings is 1. The minimum absolute atomic E-state index is 0.194. The van der Waals surface area contributed by atoms with Gasteiger partial charge in [-0.25, -0.2) is 18.6 Å². The van der Waals surface area contributed by atoms with E-state index in [1.54, 1.807) is 34.5 Å². The van der Waals surface area contributed by atoms with E-state index in [-0.39, 0.29) is 23.2 Å². The summed E-state index contributed by atoms with van der Waals surface area (Å²) in [4.78, 5) is 33.1. The van der Waals surface area contributed by atoms with Crippen molar-refractivity contribution in [1.29, 1.82) is 0 Å². The molecular weight excluding hydrogens is 506 g/mol. The molecule has 1 aliphatic heterocycles. The van der Waals surface area contributed by atoms with Gasteiger partial charge in [0.25, 0.3) is 5.56 Å². The van der Waals surface area contributed by atoms with Crippen molar-refractivity contribution in [2.24, 2.45) is 0 Å². The van der Waals surface area contributed by atoms with Crippen molar-refractivity contribution in [3.05, 3.63) is 88.5 Å². The number of carbonyl (C=O) groups is 1. The molecule has 3 heterocycles. The van der Waals surface area contributed by atoms with Gasteiger partial charge in [-0.15, -0.1) is 0 Å². The number of likely N-dealkylation sites (tertiary alicyclic amines) is 1. The van der Waals surface area contributed by atoms with Gasteiger partial charge in [-0.05, 0) is 24.6 Å². The van der Waals surface area contributed by atoms with E-state index in [0.717, 1.165) is 11.6 Å². The summed E-state index contributed by atoms with van der Waals surface area (Å²) in [6.07, 6.45) is 3.35. The smallest absolute Gasteiger partial charge is 0.320 e. The first-order chi connectivity index (χ1) is 18.9. The normalized spacial score (nSPS) is 17.5. The second-order valence-electron chi connectivity index (χ2n) is 9.50. The van der Waals surface area contributed by atoms with Gasteiger partial charge < -0.3 is 14.6 Å². The topological polar surface area (TPSA) is 92.9 Å². The average Bonchev–Trinajstić information content (AvgIpc) is 3.51. The van der Waals surface area contributed by atoms with Crippen molar-refractivity contribution in [2.75, 3.05) is 38.7 Å². The highest BCUT2D eigenvalue weighted by Gasteiger charge is 2.35. The Morgan fingerprint density at radius 2 is 1.90 bits per heavy atom. The molecule has 0 spiro atoms. The SMILES string of the molecule is CCn1ccn2c(NC(=O)N[C@@H]3CN(CCOC)C[C@H]3c3ccc(F)c(F)c3)c(-c3ccccc3)nc2c1=O. The monoisotopic (exact) mass is 536 g/mol. The van der Waals surface area contributed by atoms with E-state index >= 15 is 0 Å². The van der Waals surface area contributed by atoms with Crippen LogP contribution in [0, 0.1) is 11.6 Å². The van der Waals surface area contributed by atoms with Crippen LogP contribution < -0.4 is 16.2 Å². The number of aromatic nitrogens is 3. The minimum atomic E-state index is -0.929. The summed E-state index contributed by atoms with van der Waals surface area (Å²) in [5.74, 6) is -1.76. The van der Waals surface area contributed by atoms with Crippen LogP contribution in [0.1, 0.15) is 18.4 Å². The van der Waals surface area contributed by atoms with Crippen molar-refractivity contribution in [3.8, 4) is 11.3 Å². The Morgan fingerprint density at radius 1 is 1.10 bits per heavy atom. The molecule has 0 aliphatic carbocycles. The first-order valence-corrected chi connectivity index (χ1v) is 12.8. The van der Waals surface area contributed by atoms with Crippen LogP contribution in [0.3, 0.4) is 0 Å². The molecular formula is C28H30F2N6O3. The molecule has 0 bridgehead atoms. The number of methoxy groups -OCH3 is 1. The number of hydrogen-bond donors (Lipinski definition) is 2. The van der Waals surface area contributed by atoms with Crippen molar-refractivity contribution >= 4 is 17.5 Å². The number of ether oxygens (including phenoxy) is 1. The number of carbonyl (C=O) groups excluding carboxylic acids is 1. The Hall–Kier alpha value is -4.09. The third kappa shape index (κ3) is 5.41. The van der Waals surface area contributed by atoms with Crippen LogP contribution in [0.25, 0.3) is 16.9 Å². The van der Waals surface area contributed by atoms with Gasteiger partial charge in [0, 0.05) is 57.2 Å². The zero-order valence-corrected chi connectivity index (χ0v) is 21.7. The molecule has 2 atom stereocenters. The van der Waals surface area contributed by atoms with E-state index in [2.05, 4.69) is 20.5 Å². The number of aryl methyl sites for hydroxylation is 1. The molecule has 0 saturated carbocycles. The number of nitrogens with one attached hydrogen (secondary N) is 2. The molecule has 2 aromatic carbocycles. The van der Waals surface area contributed by atoms with Crippen LogP contribution in [0.4, 0.5) is 19.4 Å². The van der Waals surface area contributed by atoms with Gasteiger partial charge in [0.05, 0.1) is 12.6 Å². The lowest BCUT2D eigenvalue weighted by atomic mass is 9.94. The zero-order valence-electron chi connectivity index (χ0n) is 21.7. The number of halogens is 2. The number of hydrogen-bond acceptors (Lipinski definition) is 5. The molecule has 9 nitrogen and oxygen atoms in total. The number of urea groups is 1. The molecule has 1 saturated heterocycles. The lowest BCUT2D eigenvalue weighted by Gasteiger charge is -2.21. The highest BCUT2D eigenvalue weighted by molar-refractivity contribution is 5.93. The standard InChI is InChI=1S/C28H30F2N6O3/c1-3-35-11-12-36-25(24(32-26(36)27(35)37)18-7-5-4-6-8-18)33-28(38)31-23-17-34(13-14-39-2)16-20(23)19-9-10-21(29)22(30)15-19/h4-12,15,20,23H,3,13-14,16-17H2,1-2H3,(H2,31,33,38)/t20-,23+/m0/s1. The third-order valence-corrected chi connectivity index (χ3v) is 7.07. The second-order valence-corrected chi connectivity index (χ2v) is 9.50. The highest BCUT2D eigenvalue weighted by Crippen LogP contribution is 2.30. The van der Waals surface area contributed by atoms with Crippen LogP contribution in [-0.4, -0.2) is 64.3 Å². The number of rotatable bonds is 8. The minimum Gasteiger partial charge on any atom is -0.383 e. The van der Waals surface area contributed by atoms with Gasteiger partial charge in [-0.1, -0.05) is 36.4 Å². The van der Waals surface area contributed by atoms with Crippen molar-refractivity contribution in [2.45, 2.75) is 25.4 Å². The quantitative estimate of drug-likeness (QED) is 0.358. The summed E-state index contributed by atoms with van der Waals surface area (Å²) in [6, 6.07) is 12.2. The summed E-state index contributed by atoms with van der Waals surface area (Å²) in [6.45, 7) is 4.53. The van der Waals surface area contributed by atoms with Gasteiger partial charge in [-0.3, -0.25) is 19.4 Å². The number of nitrogens with zero attached hydrogens (tertiary/aromatic N) is 4. The lowest BCUT2D eigenvalue weighted by Crippen LogP contribution is -2.42. The molecule has 1 aliphatic rings. The van der Waals surface area contributed by atoms with Crippen LogP contribution in [0.15, 0.2) is 65.7 Å². The summed E-state index contributed by atoms with van der Waals surface area (Å²) in [5, 5.41) is 5.91. The third-order valence-electron chi connectivity index (χ3n) is 7.07. The zero-order chi connectivity index (χ0) is 27.5. The summed E-state index contributed by atoms with van der Waals surface area (Å²) in [7, 11) is 1.61. The Kier molecular flexibility index (Phi) is 7.71. The van der Waals surface area contributed by atoms with Gasteiger partial charge >= 0.3 is 6.03 Å².